The third-order valence-electron chi connectivity index (χ3n) is 4.75. The van der Waals surface area contributed by atoms with E-state index in [2.05, 4.69) is 20.4 Å². The molecule has 0 spiro atoms. The fraction of sp³-hybridized carbons (Fsp3) is 0.350. The van der Waals surface area contributed by atoms with Crippen molar-refractivity contribution in [3.63, 3.8) is 0 Å². The van der Waals surface area contributed by atoms with Gasteiger partial charge >= 0.3 is 11.9 Å². The van der Waals surface area contributed by atoms with E-state index in [0.29, 0.717) is 23.4 Å². The number of nitrogens with zero attached hydrogens (tertiary/aromatic N) is 5. The maximum absolute atomic E-state index is 15.0. The number of carbonyl (C=O) groups is 1. The van der Waals surface area contributed by atoms with Gasteiger partial charge in [-0.05, 0) is 39.0 Å². The zero-order chi connectivity index (χ0) is 26.1. The number of aliphatic hydroxyl groups excluding tert-OH is 1. The van der Waals surface area contributed by atoms with E-state index in [1.165, 1.54) is 12.1 Å². The first kappa shape index (κ1) is 26.1. The van der Waals surface area contributed by atoms with Crippen molar-refractivity contribution in [1.82, 2.24) is 24.3 Å². The molecule has 1 atom stereocenters. The van der Waals surface area contributed by atoms with Crippen LogP contribution in [0.15, 0.2) is 23.0 Å². The Balaban J connectivity index is 2.13. The highest BCUT2D eigenvalue weighted by atomic mass is 35.5. The Morgan fingerprint density at radius 2 is 2.00 bits per heavy atom. The molecule has 0 aliphatic rings. The van der Waals surface area contributed by atoms with Crippen LogP contribution in [-0.4, -0.2) is 47.6 Å². The zero-order valence-corrected chi connectivity index (χ0v) is 19.3. The Morgan fingerprint density at radius 3 is 2.54 bits per heavy atom. The van der Waals surface area contributed by atoms with E-state index < -0.39 is 53.6 Å². The second-order valence-corrected chi connectivity index (χ2v) is 7.56. The van der Waals surface area contributed by atoms with Gasteiger partial charge in [0, 0.05) is 12.2 Å². The lowest BCUT2D eigenvalue weighted by Crippen LogP contribution is -2.33. The predicted molar refractivity (Wildman–Crippen MR) is 115 cm³/mol. The molecule has 0 saturated carbocycles. The van der Waals surface area contributed by atoms with E-state index in [0.717, 1.165) is 4.57 Å². The summed E-state index contributed by atoms with van der Waals surface area (Å²) < 4.78 is 60.8. The van der Waals surface area contributed by atoms with Gasteiger partial charge in [0.05, 0.1) is 5.69 Å². The van der Waals surface area contributed by atoms with E-state index in [4.69, 9.17) is 16.3 Å². The van der Waals surface area contributed by atoms with Crippen molar-refractivity contribution >= 4 is 23.2 Å². The summed E-state index contributed by atoms with van der Waals surface area (Å²) in [7, 11) is 0. The molecule has 1 unspecified atom stereocenters. The third-order valence-corrected chi connectivity index (χ3v) is 5.04. The predicted octanol–water partition coefficient (Wildman–Crippen LogP) is 3.02. The van der Waals surface area contributed by atoms with Gasteiger partial charge in [0.25, 0.3) is 5.91 Å². The first-order chi connectivity index (χ1) is 16.4. The lowest BCUT2D eigenvalue weighted by molar-refractivity contribution is -0.190. The number of carbonyl (C=O) groups excluding carboxylic acids is 1. The normalized spacial score (nSPS) is 12.5. The van der Waals surface area contributed by atoms with Gasteiger partial charge in [-0.25, -0.2) is 14.2 Å². The molecule has 3 heterocycles. The number of nitrogens with one attached hydrogen (secondary N) is 1. The molecule has 0 radical (unpaired) electrons. The van der Waals surface area contributed by atoms with Crippen molar-refractivity contribution in [1.29, 1.82) is 0 Å². The van der Waals surface area contributed by atoms with E-state index in [9.17, 15) is 27.9 Å². The number of halogens is 5. The molecule has 3 rings (SSSR count). The number of aliphatic hydroxyl groups is 1. The molecular formula is C20H19ClF4N6O4. The standard InChI is InChI=1S/C20H19ClF4N6O4/c1-4-30-14(8-32)29-31(19(30)34)16-12(22)7-11(18(28-16)35-10(3)20(23,24)25)17(33)27-13-6-5-9(2)26-15(13)21/h5-7,10,32H,4,8H2,1-3H3,(H,27,33). The summed E-state index contributed by atoms with van der Waals surface area (Å²) in [5.41, 5.74) is -1.07. The van der Waals surface area contributed by atoms with Gasteiger partial charge in [0.15, 0.2) is 28.7 Å². The number of aromatic nitrogens is 5. The fourth-order valence-electron chi connectivity index (χ4n) is 2.92. The molecule has 1 amide bonds. The van der Waals surface area contributed by atoms with Gasteiger partial charge in [-0.2, -0.15) is 22.8 Å². The summed E-state index contributed by atoms with van der Waals surface area (Å²) in [4.78, 5) is 33.0. The van der Waals surface area contributed by atoms with Crippen LogP contribution in [0.5, 0.6) is 5.88 Å². The van der Waals surface area contributed by atoms with Gasteiger partial charge in [0.2, 0.25) is 5.88 Å². The smallest absolute Gasteiger partial charge is 0.425 e. The van der Waals surface area contributed by atoms with Gasteiger partial charge in [0.1, 0.15) is 12.2 Å². The molecule has 0 saturated heterocycles. The van der Waals surface area contributed by atoms with Crippen LogP contribution in [0, 0.1) is 12.7 Å². The fourth-order valence-corrected chi connectivity index (χ4v) is 3.16. The van der Waals surface area contributed by atoms with Crippen molar-refractivity contribution < 1.29 is 32.2 Å². The molecule has 3 aromatic heterocycles. The Kier molecular flexibility index (Phi) is 7.45. The number of alkyl halides is 3. The second-order valence-electron chi connectivity index (χ2n) is 7.21. The Hall–Kier alpha value is -3.52. The van der Waals surface area contributed by atoms with E-state index >= 15 is 4.39 Å². The van der Waals surface area contributed by atoms with Crippen LogP contribution in [-0.2, 0) is 13.2 Å². The zero-order valence-electron chi connectivity index (χ0n) is 18.5. The summed E-state index contributed by atoms with van der Waals surface area (Å²) in [5, 5.41) is 15.4. The molecule has 0 aliphatic heterocycles. The van der Waals surface area contributed by atoms with Crippen molar-refractivity contribution in [3.05, 3.63) is 56.7 Å². The van der Waals surface area contributed by atoms with Gasteiger partial charge in [-0.3, -0.25) is 9.36 Å². The lowest BCUT2D eigenvalue weighted by atomic mass is 10.2. The van der Waals surface area contributed by atoms with Crippen LogP contribution in [0.4, 0.5) is 23.2 Å². The minimum absolute atomic E-state index is 0.00654. The first-order valence-electron chi connectivity index (χ1n) is 10.1. The van der Waals surface area contributed by atoms with Crippen molar-refractivity contribution in [3.8, 4) is 11.7 Å². The number of hydrogen-bond donors (Lipinski definition) is 2. The van der Waals surface area contributed by atoms with Crippen LogP contribution in [0.25, 0.3) is 5.82 Å². The average molecular weight is 519 g/mol. The molecule has 0 aromatic carbocycles. The van der Waals surface area contributed by atoms with Gasteiger partial charge < -0.3 is 15.2 Å². The van der Waals surface area contributed by atoms with Gasteiger partial charge in [-0.15, -0.1) is 5.10 Å². The molecule has 35 heavy (non-hydrogen) atoms. The van der Waals surface area contributed by atoms with Crippen LogP contribution in [0.1, 0.15) is 35.7 Å². The Morgan fingerprint density at radius 1 is 1.31 bits per heavy atom. The molecule has 0 bridgehead atoms. The van der Waals surface area contributed by atoms with Crippen LogP contribution in [0.2, 0.25) is 5.15 Å². The quantitative estimate of drug-likeness (QED) is 0.364. The number of ether oxygens (including phenoxy) is 1. The lowest BCUT2D eigenvalue weighted by Gasteiger charge is -2.19. The van der Waals surface area contributed by atoms with Crippen LogP contribution in [0.3, 0.4) is 0 Å². The van der Waals surface area contributed by atoms with Crippen molar-refractivity contribution in [2.24, 2.45) is 0 Å². The summed E-state index contributed by atoms with van der Waals surface area (Å²) in [6, 6.07) is 3.47. The number of rotatable bonds is 7. The minimum atomic E-state index is -4.85. The monoisotopic (exact) mass is 518 g/mol. The van der Waals surface area contributed by atoms with Crippen molar-refractivity contribution in [2.45, 2.75) is 46.2 Å². The molecule has 15 heteroatoms. The maximum atomic E-state index is 15.0. The molecule has 3 aromatic rings. The summed E-state index contributed by atoms with van der Waals surface area (Å²) in [5.74, 6) is -4.23. The average Bonchev–Trinajstić information content (AvgIpc) is 3.10. The minimum Gasteiger partial charge on any atom is -0.464 e. The number of anilines is 1. The number of amides is 1. The van der Waals surface area contributed by atoms with Crippen LogP contribution >= 0.6 is 11.6 Å². The number of hydrogen-bond acceptors (Lipinski definition) is 7. The van der Waals surface area contributed by atoms with Crippen molar-refractivity contribution in [2.75, 3.05) is 5.32 Å². The first-order valence-corrected chi connectivity index (χ1v) is 10.4. The molecule has 188 valence electrons. The topological polar surface area (TPSA) is 124 Å². The summed E-state index contributed by atoms with van der Waals surface area (Å²) in [6.07, 6.45) is -7.29. The SMILES string of the molecule is CCn1c(CO)nn(-c2nc(OC(C)C(F)(F)F)c(C(=O)Nc3ccc(C)nc3Cl)cc2F)c1=O. The summed E-state index contributed by atoms with van der Waals surface area (Å²) >= 11 is 5.98. The van der Waals surface area contributed by atoms with Crippen LogP contribution < -0.4 is 15.7 Å². The Bertz CT molecular complexity index is 1320. The van der Waals surface area contributed by atoms with Gasteiger partial charge in [-0.1, -0.05) is 11.6 Å². The van der Waals surface area contributed by atoms with E-state index in [1.54, 1.807) is 13.8 Å². The molecular weight excluding hydrogens is 500 g/mol. The van der Waals surface area contributed by atoms with E-state index in [-0.39, 0.29) is 23.2 Å². The van der Waals surface area contributed by atoms with E-state index in [1.807, 2.05) is 0 Å². The Labute approximate surface area is 200 Å². The summed E-state index contributed by atoms with van der Waals surface area (Å²) in [6.45, 7) is 3.27. The number of aryl methyl sites for hydroxylation is 1. The highest BCUT2D eigenvalue weighted by molar-refractivity contribution is 6.32. The number of pyridine rings is 2. The largest absolute Gasteiger partial charge is 0.464 e. The molecule has 10 nitrogen and oxygen atoms in total. The maximum Gasteiger partial charge on any atom is 0.425 e. The molecule has 0 fully saturated rings. The highest BCUT2D eigenvalue weighted by Gasteiger charge is 2.39. The second kappa shape index (κ2) is 10.00. The molecule has 0 aliphatic carbocycles. The third kappa shape index (κ3) is 5.43. The highest BCUT2D eigenvalue weighted by Crippen LogP contribution is 2.29. The molecule has 2 N–H and O–H groups in total.